The number of aryl methyl sites for hydroxylation is 1. The van der Waals surface area contributed by atoms with Crippen molar-refractivity contribution >= 4 is 11.0 Å². The lowest BCUT2D eigenvalue weighted by molar-refractivity contribution is 0.340. The molecule has 0 bridgehead atoms. The molecule has 1 aliphatic heterocycles. The van der Waals surface area contributed by atoms with Crippen molar-refractivity contribution < 1.29 is 0 Å². The van der Waals surface area contributed by atoms with E-state index in [1.54, 1.807) is 0 Å². The van der Waals surface area contributed by atoms with Gasteiger partial charge < -0.3 is 5.32 Å². The highest BCUT2D eigenvalue weighted by molar-refractivity contribution is 5.82. The molecule has 2 N–H and O–H groups in total. The number of nitrogens with zero attached hydrogens (tertiary/aromatic N) is 3. The van der Waals surface area contributed by atoms with Crippen LogP contribution in [0.5, 0.6) is 0 Å². The Balaban J connectivity index is 1.71. The largest absolute Gasteiger partial charge is 0.317 e. The molecule has 2 aromatic heterocycles. The van der Waals surface area contributed by atoms with Crippen molar-refractivity contribution in [3.05, 3.63) is 83.2 Å². The molecule has 1 aliphatic rings. The van der Waals surface area contributed by atoms with Crippen LogP contribution in [0, 0.1) is 24.2 Å². The first-order chi connectivity index (χ1) is 15.2. The maximum Gasteiger partial charge on any atom is 0.111 e. The van der Waals surface area contributed by atoms with Crippen molar-refractivity contribution in [2.24, 2.45) is 5.92 Å². The zero-order chi connectivity index (χ0) is 21.2. The Morgan fingerprint density at radius 1 is 1.00 bits per heavy atom. The Labute approximate surface area is 182 Å². The molecule has 154 valence electrons. The summed E-state index contributed by atoms with van der Waals surface area (Å²) in [7, 11) is 0. The first-order valence-corrected chi connectivity index (χ1v) is 10.8. The van der Waals surface area contributed by atoms with Crippen LogP contribution in [0.4, 0.5) is 0 Å². The van der Waals surface area contributed by atoms with Crippen LogP contribution < -0.4 is 5.32 Å². The average Bonchev–Trinajstić information content (AvgIpc) is 3.28. The zero-order valence-electron chi connectivity index (χ0n) is 17.6. The van der Waals surface area contributed by atoms with Gasteiger partial charge in [0.15, 0.2) is 0 Å². The molecule has 31 heavy (non-hydrogen) atoms. The lowest BCUT2D eigenvalue weighted by atomic mass is 9.76. The number of hydrogen-bond acceptors (Lipinski definition) is 4. The summed E-state index contributed by atoms with van der Waals surface area (Å²) < 4.78 is 0. The monoisotopic (exact) mass is 407 g/mol. The van der Waals surface area contributed by atoms with Crippen LogP contribution in [0.1, 0.15) is 41.1 Å². The number of nitriles is 1. The van der Waals surface area contributed by atoms with Gasteiger partial charge in [0.25, 0.3) is 0 Å². The predicted molar refractivity (Wildman–Crippen MR) is 123 cm³/mol. The predicted octanol–water partition coefficient (Wildman–Crippen LogP) is 4.94. The summed E-state index contributed by atoms with van der Waals surface area (Å²) in [5, 5.41) is 20.1. The molecule has 2 aromatic carbocycles. The van der Waals surface area contributed by atoms with E-state index in [1.165, 1.54) is 11.1 Å². The molecule has 0 amide bonds. The zero-order valence-corrected chi connectivity index (χ0v) is 17.6. The molecule has 3 heterocycles. The van der Waals surface area contributed by atoms with Gasteiger partial charge in [-0.25, -0.2) is 4.98 Å². The number of H-pyrrole nitrogens is 1. The third-order valence-corrected chi connectivity index (χ3v) is 6.36. The van der Waals surface area contributed by atoms with Crippen molar-refractivity contribution in [2.45, 2.75) is 25.7 Å². The summed E-state index contributed by atoms with van der Waals surface area (Å²) in [5.74, 6) is 0.714. The van der Waals surface area contributed by atoms with Gasteiger partial charge in [0, 0.05) is 17.7 Å². The molecular weight excluding hydrogens is 382 g/mol. The number of hydrogen-bond donors (Lipinski definition) is 2. The van der Waals surface area contributed by atoms with Crippen LogP contribution in [-0.2, 0) is 0 Å². The van der Waals surface area contributed by atoms with E-state index in [-0.39, 0.29) is 5.92 Å². The van der Waals surface area contributed by atoms with Crippen LogP contribution in [0.2, 0.25) is 0 Å². The third kappa shape index (κ3) is 3.83. The highest BCUT2D eigenvalue weighted by atomic mass is 15.1. The molecule has 1 unspecified atom stereocenters. The number of fused-ring (bicyclic) bond motifs is 1. The number of benzene rings is 2. The third-order valence-electron chi connectivity index (χ3n) is 6.36. The topological polar surface area (TPSA) is 77.4 Å². The number of aromatic nitrogens is 3. The Hall–Kier alpha value is -3.49. The van der Waals surface area contributed by atoms with Crippen molar-refractivity contribution in [3.8, 4) is 17.2 Å². The molecule has 1 saturated heterocycles. The maximum absolute atomic E-state index is 9.21. The molecule has 5 nitrogen and oxygen atoms in total. The van der Waals surface area contributed by atoms with Gasteiger partial charge in [-0.05, 0) is 68.1 Å². The minimum absolute atomic E-state index is 0.202. The number of piperidine rings is 1. The number of rotatable bonds is 4. The van der Waals surface area contributed by atoms with E-state index in [1.807, 2.05) is 30.5 Å². The van der Waals surface area contributed by atoms with Gasteiger partial charge in [0.2, 0.25) is 0 Å². The highest BCUT2D eigenvalue weighted by Gasteiger charge is 2.30. The van der Waals surface area contributed by atoms with E-state index in [0.29, 0.717) is 11.5 Å². The van der Waals surface area contributed by atoms with E-state index in [0.717, 1.165) is 53.8 Å². The summed E-state index contributed by atoms with van der Waals surface area (Å²) in [6.07, 6.45) is 4.11. The SMILES string of the molecule is Cc1ccc(C(c2nc3c[nH]nc3cc2-c2ccc(C#N)cc2)C2CCNCC2)cc1. The van der Waals surface area contributed by atoms with E-state index in [4.69, 9.17) is 4.98 Å². The molecule has 1 fully saturated rings. The lowest BCUT2D eigenvalue weighted by Crippen LogP contribution is -2.31. The van der Waals surface area contributed by atoms with Crippen molar-refractivity contribution in [1.82, 2.24) is 20.5 Å². The molecule has 5 heteroatoms. The molecule has 0 radical (unpaired) electrons. The normalized spacial score (nSPS) is 15.6. The van der Waals surface area contributed by atoms with Crippen molar-refractivity contribution in [3.63, 3.8) is 0 Å². The summed E-state index contributed by atoms with van der Waals surface area (Å²) in [6.45, 7) is 4.20. The van der Waals surface area contributed by atoms with Gasteiger partial charge in [0.05, 0.1) is 17.3 Å². The Kier molecular flexibility index (Phi) is 5.23. The Bertz CT molecular complexity index is 1230. The van der Waals surface area contributed by atoms with Crippen LogP contribution >= 0.6 is 0 Å². The number of nitrogens with one attached hydrogen (secondary N) is 2. The molecule has 0 saturated carbocycles. The lowest BCUT2D eigenvalue weighted by Gasteiger charge is -2.32. The quantitative estimate of drug-likeness (QED) is 0.502. The Morgan fingerprint density at radius 2 is 1.74 bits per heavy atom. The van der Waals surface area contributed by atoms with Gasteiger partial charge in [-0.2, -0.15) is 10.4 Å². The van der Waals surface area contributed by atoms with Crippen LogP contribution in [0.25, 0.3) is 22.2 Å². The minimum Gasteiger partial charge on any atom is -0.317 e. The number of pyridine rings is 1. The van der Waals surface area contributed by atoms with E-state index < -0.39 is 0 Å². The van der Waals surface area contributed by atoms with Crippen LogP contribution in [0.15, 0.2) is 60.8 Å². The second-order valence-corrected chi connectivity index (χ2v) is 8.38. The summed E-state index contributed by atoms with van der Waals surface area (Å²) >= 11 is 0. The standard InChI is InChI=1S/C26H25N5/c1-17-2-6-20(7-3-17)25(21-10-12-28-13-11-21)26-22(14-23-24(30-26)16-29-31-23)19-8-4-18(15-27)5-9-19/h2-9,14,16,21,25,28H,10-13H2,1H3,(H,29,31). The second-order valence-electron chi connectivity index (χ2n) is 8.38. The average molecular weight is 408 g/mol. The van der Waals surface area contributed by atoms with Gasteiger partial charge in [0.1, 0.15) is 11.0 Å². The molecule has 0 spiro atoms. The van der Waals surface area contributed by atoms with Crippen molar-refractivity contribution in [2.75, 3.05) is 13.1 Å². The van der Waals surface area contributed by atoms with Gasteiger partial charge in [-0.3, -0.25) is 5.10 Å². The van der Waals surface area contributed by atoms with Crippen LogP contribution in [-0.4, -0.2) is 28.3 Å². The maximum atomic E-state index is 9.21. The smallest absolute Gasteiger partial charge is 0.111 e. The second kappa shape index (κ2) is 8.33. The Morgan fingerprint density at radius 3 is 2.45 bits per heavy atom. The van der Waals surface area contributed by atoms with Gasteiger partial charge in [-0.1, -0.05) is 42.0 Å². The fourth-order valence-electron chi connectivity index (χ4n) is 4.69. The van der Waals surface area contributed by atoms with E-state index >= 15 is 0 Å². The van der Waals surface area contributed by atoms with E-state index in [9.17, 15) is 5.26 Å². The fourth-order valence-corrected chi connectivity index (χ4v) is 4.69. The summed E-state index contributed by atoms with van der Waals surface area (Å²) in [4.78, 5) is 5.15. The minimum atomic E-state index is 0.202. The fraction of sp³-hybridized carbons (Fsp3) is 0.269. The summed E-state index contributed by atoms with van der Waals surface area (Å²) in [5.41, 5.74) is 8.23. The highest BCUT2D eigenvalue weighted by Crippen LogP contribution is 2.41. The molecule has 1 atom stereocenters. The molecule has 0 aliphatic carbocycles. The number of aromatic amines is 1. The molecule has 4 aromatic rings. The van der Waals surface area contributed by atoms with Gasteiger partial charge in [-0.15, -0.1) is 0 Å². The summed E-state index contributed by atoms with van der Waals surface area (Å²) in [6, 6.07) is 21.0. The first-order valence-electron chi connectivity index (χ1n) is 10.8. The molecular formula is C26H25N5. The first kappa shape index (κ1) is 19.5. The van der Waals surface area contributed by atoms with Crippen molar-refractivity contribution in [1.29, 1.82) is 5.26 Å². The van der Waals surface area contributed by atoms with E-state index in [2.05, 4.69) is 58.8 Å². The van der Waals surface area contributed by atoms with Gasteiger partial charge >= 0.3 is 0 Å². The van der Waals surface area contributed by atoms with Crippen LogP contribution in [0.3, 0.4) is 0 Å². The molecule has 5 rings (SSSR count).